The number of carboxylic acids is 3. The quantitative estimate of drug-likeness (QED) is 0.350. The summed E-state index contributed by atoms with van der Waals surface area (Å²) < 4.78 is 6.55. The highest BCUT2D eigenvalue weighted by Gasteiger charge is 2.51. The van der Waals surface area contributed by atoms with Crippen LogP contribution in [0.25, 0.3) is 10.9 Å². The molecule has 10 nitrogen and oxygen atoms in total. The minimum absolute atomic E-state index is 0.0787. The SMILES string of the molecule is CN(C)C1(C2CCCC2)CCC2(CC1)OCCc1c2[nH]c2ccccc12.O=C(O)CC(O)(CC(=O)O)C(=O)O. The number of benzene rings is 1. The lowest BCUT2D eigenvalue weighted by Crippen LogP contribution is -2.55. The monoisotopic (exact) mass is 544 g/mol. The van der Waals surface area contributed by atoms with Gasteiger partial charge in [-0.3, -0.25) is 9.59 Å². The summed E-state index contributed by atoms with van der Waals surface area (Å²) in [6, 6.07) is 8.79. The molecular formula is C29H40N2O8. The number of rotatable bonds is 7. The molecule has 2 aromatic rings. The minimum Gasteiger partial charge on any atom is -0.481 e. The average Bonchev–Trinajstić information content (AvgIpc) is 3.54. The molecule has 2 fully saturated rings. The lowest BCUT2D eigenvalue weighted by Gasteiger charge is -2.53. The molecule has 2 saturated carbocycles. The van der Waals surface area contributed by atoms with Crippen molar-refractivity contribution in [1.82, 2.24) is 9.88 Å². The molecule has 2 heterocycles. The molecule has 3 aliphatic rings. The van der Waals surface area contributed by atoms with Gasteiger partial charge in [0, 0.05) is 16.4 Å². The highest BCUT2D eigenvalue weighted by Crippen LogP contribution is 2.53. The van der Waals surface area contributed by atoms with E-state index in [-0.39, 0.29) is 5.60 Å². The van der Waals surface area contributed by atoms with Crippen molar-refractivity contribution in [1.29, 1.82) is 0 Å². The zero-order chi connectivity index (χ0) is 28.4. The van der Waals surface area contributed by atoms with Gasteiger partial charge in [0.15, 0.2) is 5.60 Å². The molecule has 10 heteroatoms. The minimum atomic E-state index is -2.74. The van der Waals surface area contributed by atoms with Gasteiger partial charge in [0.2, 0.25) is 0 Å². The van der Waals surface area contributed by atoms with Crippen LogP contribution >= 0.6 is 0 Å². The number of ether oxygens (including phenoxy) is 1. The number of hydrogen-bond donors (Lipinski definition) is 5. The molecule has 0 bridgehead atoms. The molecular weight excluding hydrogens is 504 g/mol. The Bertz CT molecular complexity index is 1190. The van der Waals surface area contributed by atoms with Gasteiger partial charge in [-0.1, -0.05) is 31.0 Å². The number of H-pyrrole nitrogens is 1. The van der Waals surface area contributed by atoms with E-state index in [1.165, 1.54) is 60.7 Å². The van der Waals surface area contributed by atoms with Crippen molar-refractivity contribution in [3.8, 4) is 0 Å². The number of aliphatic carboxylic acids is 3. The van der Waals surface area contributed by atoms with Crippen molar-refractivity contribution in [2.75, 3.05) is 20.7 Å². The van der Waals surface area contributed by atoms with Crippen molar-refractivity contribution in [2.45, 2.75) is 87.4 Å². The zero-order valence-electron chi connectivity index (χ0n) is 22.7. The van der Waals surface area contributed by atoms with Gasteiger partial charge in [0.25, 0.3) is 0 Å². The number of aromatic nitrogens is 1. The second kappa shape index (κ2) is 11.3. The first kappa shape index (κ1) is 29.0. The number of aromatic amines is 1. The summed E-state index contributed by atoms with van der Waals surface area (Å²) >= 11 is 0. The fraction of sp³-hybridized carbons (Fsp3) is 0.621. The number of nitrogens with zero attached hydrogens (tertiary/aromatic N) is 1. The second-order valence-electron chi connectivity index (χ2n) is 11.6. The maximum atomic E-state index is 10.3. The van der Waals surface area contributed by atoms with Gasteiger partial charge in [-0.2, -0.15) is 0 Å². The van der Waals surface area contributed by atoms with Crippen molar-refractivity contribution in [3.63, 3.8) is 0 Å². The number of carbonyl (C=O) groups is 3. The summed E-state index contributed by atoms with van der Waals surface area (Å²) in [7, 11) is 4.62. The summed E-state index contributed by atoms with van der Waals surface area (Å²) in [5.74, 6) is -4.14. The van der Waals surface area contributed by atoms with Gasteiger partial charge in [-0.15, -0.1) is 0 Å². The maximum absolute atomic E-state index is 10.3. The Kier molecular flexibility index (Phi) is 8.39. The Morgan fingerprint density at radius 3 is 2.13 bits per heavy atom. The number of nitrogens with one attached hydrogen (secondary N) is 1. The molecule has 5 N–H and O–H groups in total. The van der Waals surface area contributed by atoms with E-state index >= 15 is 0 Å². The third-order valence-electron chi connectivity index (χ3n) is 9.21. The normalized spacial score (nSPS) is 25.3. The van der Waals surface area contributed by atoms with Gasteiger partial charge in [-0.05, 0) is 76.6 Å². The average molecular weight is 545 g/mol. The molecule has 0 unspecified atom stereocenters. The standard InChI is InChI=1S/C23H32N2O.C6H8O7/c1-25(2)22(17-7-3-4-8-17)12-14-23(15-13-22)21-19(11-16-26-23)18-9-5-6-10-20(18)24-21;7-3(8)1-6(13,5(11)12)2-4(9)10/h5-6,9-10,17,24H,3-4,7-8,11-16H2,1-2H3;13H,1-2H2,(H,7,8)(H,9,10)(H,11,12). The van der Waals surface area contributed by atoms with Crippen LogP contribution in [0.2, 0.25) is 0 Å². The highest BCUT2D eigenvalue weighted by atomic mass is 16.5. The molecule has 0 radical (unpaired) electrons. The molecule has 1 aromatic heterocycles. The molecule has 2 aliphatic carbocycles. The third-order valence-corrected chi connectivity index (χ3v) is 9.21. The van der Waals surface area contributed by atoms with E-state index in [1.54, 1.807) is 0 Å². The first-order valence-corrected chi connectivity index (χ1v) is 13.7. The lowest BCUT2D eigenvalue weighted by atomic mass is 9.65. The fourth-order valence-corrected chi connectivity index (χ4v) is 7.15. The van der Waals surface area contributed by atoms with Crippen LogP contribution in [0.3, 0.4) is 0 Å². The largest absolute Gasteiger partial charge is 0.481 e. The molecule has 0 saturated heterocycles. The summed E-state index contributed by atoms with van der Waals surface area (Å²) in [4.78, 5) is 36.8. The van der Waals surface area contributed by atoms with Gasteiger partial charge in [0.05, 0.1) is 25.1 Å². The van der Waals surface area contributed by atoms with Gasteiger partial charge in [-0.25, -0.2) is 4.79 Å². The molecule has 0 atom stereocenters. The molecule has 1 aliphatic heterocycles. The molecule has 1 spiro atoms. The van der Waals surface area contributed by atoms with Gasteiger partial charge >= 0.3 is 17.9 Å². The molecule has 0 amide bonds. The Labute approximate surface area is 228 Å². The predicted molar refractivity (Wildman–Crippen MR) is 144 cm³/mol. The molecule has 214 valence electrons. The van der Waals surface area contributed by atoms with Crippen molar-refractivity contribution in [3.05, 3.63) is 35.5 Å². The molecule has 5 rings (SSSR count). The van der Waals surface area contributed by atoms with E-state index < -0.39 is 36.4 Å². The summed E-state index contributed by atoms with van der Waals surface area (Å²) in [6.07, 6.45) is 9.28. The molecule has 39 heavy (non-hydrogen) atoms. The smallest absolute Gasteiger partial charge is 0.336 e. The summed E-state index contributed by atoms with van der Waals surface area (Å²) in [6.45, 7) is 0.868. The van der Waals surface area contributed by atoms with Gasteiger partial charge < -0.3 is 35.0 Å². The number of hydrogen-bond acceptors (Lipinski definition) is 6. The van der Waals surface area contributed by atoms with Crippen molar-refractivity contribution in [2.24, 2.45) is 5.92 Å². The van der Waals surface area contributed by atoms with Crippen LogP contribution in [-0.4, -0.2) is 80.1 Å². The van der Waals surface area contributed by atoms with E-state index in [9.17, 15) is 14.4 Å². The van der Waals surface area contributed by atoms with E-state index in [2.05, 4.69) is 48.2 Å². The Morgan fingerprint density at radius 1 is 1.00 bits per heavy atom. The third kappa shape index (κ3) is 5.69. The van der Waals surface area contributed by atoms with Crippen molar-refractivity contribution >= 4 is 28.8 Å². The summed E-state index contributed by atoms with van der Waals surface area (Å²) in [5, 5.41) is 35.2. The number of aliphatic hydroxyl groups is 1. The first-order valence-electron chi connectivity index (χ1n) is 13.7. The van der Waals surface area contributed by atoms with Crippen LogP contribution in [0.1, 0.15) is 75.5 Å². The number of fused-ring (bicyclic) bond motifs is 4. The van der Waals surface area contributed by atoms with Crippen LogP contribution < -0.4 is 0 Å². The fourth-order valence-electron chi connectivity index (χ4n) is 7.15. The Hall–Kier alpha value is -2.95. The van der Waals surface area contributed by atoms with E-state index in [1.807, 2.05) is 0 Å². The predicted octanol–water partition coefficient (Wildman–Crippen LogP) is 3.75. The van der Waals surface area contributed by atoms with Crippen LogP contribution in [-0.2, 0) is 31.1 Å². The van der Waals surface area contributed by atoms with E-state index in [0.717, 1.165) is 31.8 Å². The maximum Gasteiger partial charge on any atom is 0.336 e. The van der Waals surface area contributed by atoms with Gasteiger partial charge in [0.1, 0.15) is 5.60 Å². The van der Waals surface area contributed by atoms with Crippen LogP contribution in [0.4, 0.5) is 0 Å². The van der Waals surface area contributed by atoms with E-state index in [4.69, 9.17) is 25.2 Å². The van der Waals surface area contributed by atoms with Crippen LogP contribution in [0.15, 0.2) is 24.3 Å². The van der Waals surface area contributed by atoms with Crippen LogP contribution in [0, 0.1) is 5.92 Å². The zero-order valence-corrected chi connectivity index (χ0v) is 22.7. The highest BCUT2D eigenvalue weighted by molar-refractivity contribution is 5.88. The second-order valence-corrected chi connectivity index (χ2v) is 11.6. The van der Waals surface area contributed by atoms with Crippen LogP contribution in [0.5, 0.6) is 0 Å². The first-order chi connectivity index (χ1) is 18.4. The topological polar surface area (TPSA) is 160 Å². The molecule has 1 aromatic carbocycles. The number of para-hydroxylation sites is 1. The Balaban J connectivity index is 0.000000233. The number of carboxylic acid groups (broad SMARTS) is 3. The lowest BCUT2D eigenvalue weighted by molar-refractivity contribution is -0.170. The summed E-state index contributed by atoms with van der Waals surface area (Å²) in [5.41, 5.74) is 1.76. The van der Waals surface area contributed by atoms with E-state index in [0.29, 0.717) is 5.54 Å². The van der Waals surface area contributed by atoms with Crippen molar-refractivity contribution < 1.29 is 39.5 Å². The Morgan fingerprint density at radius 2 is 1.59 bits per heavy atom.